The van der Waals surface area contributed by atoms with Gasteiger partial charge in [-0.3, -0.25) is 9.97 Å². The Morgan fingerprint density at radius 2 is 1.47 bits per heavy atom. The summed E-state index contributed by atoms with van der Waals surface area (Å²) in [5, 5.41) is 10.6. The third kappa shape index (κ3) is 1.55. The number of nitrogens with zero attached hydrogens (tertiary/aromatic N) is 2. The van der Waals surface area contributed by atoms with Gasteiger partial charge in [0.2, 0.25) is 0 Å². The van der Waals surface area contributed by atoms with Crippen molar-refractivity contribution in [1.29, 1.82) is 0 Å². The van der Waals surface area contributed by atoms with E-state index in [1.807, 2.05) is 6.92 Å². The van der Waals surface area contributed by atoms with Crippen LogP contribution in [0.25, 0.3) is 0 Å². The Hall–Kier alpha value is -1.74. The maximum atomic E-state index is 10.6. The summed E-state index contributed by atoms with van der Waals surface area (Å²) in [7, 11) is 0. The largest absolute Gasteiger partial charge is 0.390 e. The average molecular weight is 252 g/mol. The first kappa shape index (κ1) is 11.1. The number of fused-ring (bicyclic) bond motifs is 2. The summed E-state index contributed by atoms with van der Waals surface area (Å²) in [5.41, 5.74) is 4.10. The van der Waals surface area contributed by atoms with E-state index in [1.165, 1.54) is 11.1 Å². The van der Waals surface area contributed by atoms with E-state index in [-0.39, 0.29) is 11.8 Å². The summed E-state index contributed by atoms with van der Waals surface area (Å²) in [4.78, 5) is 9.11. The molecule has 2 bridgehead atoms. The molecule has 1 heterocycles. The van der Waals surface area contributed by atoms with Crippen LogP contribution in [0, 0.1) is 0 Å². The topological polar surface area (TPSA) is 46.0 Å². The minimum Gasteiger partial charge on any atom is -0.390 e. The lowest BCUT2D eigenvalue weighted by Crippen LogP contribution is -2.25. The molecule has 1 N–H and O–H groups in total. The molecule has 0 saturated carbocycles. The molecule has 19 heavy (non-hydrogen) atoms. The van der Waals surface area contributed by atoms with E-state index in [2.05, 4.69) is 34.2 Å². The zero-order chi connectivity index (χ0) is 13.0. The maximum Gasteiger partial charge on any atom is 0.0701 e. The van der Waals surface area contributed by atoms with Crippen LogP contribution in [0.1, 0.15) is 54.1 Å². The highest BCUT2D eigenvalue weighted by atomic mass is 16.3. The van der Waals surface area contributed by atoms with Crippen LogP contribution in [-0.4, -0.2) is 20.7 Å². The molecule has 2 unspecified atom stereocenters. The predicted molar refractivity (Wildman–Crippen MR) is 72.0 cm³/mol. The lowest BCUT2D eigenvalue weighted by Gasteiger charge is -2.27. The quantitative estimate of drug-likeness (QED) is 0.784. The molecule has 5 rings (SSSR count). The van der Waals surface area contributed by atoms with Crippen molar-refractivity contribution in [3.63, 3.8) is 0 Å². The van der Waals surface area contributed by atoms with Crippen LogP contribution in [0.4, 0.5) is 0 Å². The Morgan fingerprint density at radius 1 is 1.00 bits per heavy atom. The summed E-state index contributed by atoms with van der Waals surface area (Å²) in [6.45, 7) is 1.94. The summed E-state index contributed by atoms with van der Waals surface area (Å²) in [6, 6.07) is 8.49. The Kier molecular flexibility index (Phi) is 2.13. The van der Waals surface area contributed by atoms with Crippen molar-refractivity contribution in [2.75, 3.05) is 0 Å². The van der Waals surface area contributed by atoms with E-state index in [0.717, 1.165) is 24.2 Å². The molecule has 0 radical (unpaired) electrons. The van der Waals surface area contributed by atoms with Crippen LogP contribution in [0.2, 0.25) is 0 Å². The van der Waals surface area contributed by atoms with E-state index in [9.17, 15) is 5.11 Å². The second-order valence-corrected chi connectivity index (χ2v) is 5.97. The van der Waals surface area contributed by atoms with Gasteiger partial charge in [-0.1, -0.05) is 24.3 Å². The first-order chi connectivity index (χ1) is 9.16. The maximum absolute atomic E-state index is 10.6. The van der Waals surface area contributed by atoms with Gasteiger partial charge in [-0.05, 0) is 30.9 Å². The molecule has 1 aromatic heterocycles. The molecule has 3 nitrogen and oxygen atoms in total. The van der Waals surface area contributed by atoms with Crippen molar-refractivity contribution >= 4 is 0 Å². The van der Waals surface area contributed by atoms with Gasteiger partial charge >= 0.3 is 0 Å². The smallest absolute Gasteiger partial charge is 0.0701 e. The van der Waals surface area contributed by atoms with Crippen molar-refractivity contribution in [2.24, 2.45) is 0 Å². The summed E-state index contributed by atoms with van der Waals surface area (Å²) >= 11 is 0. The zero-order valence-electron chi connectivity index (χ0n) is 10.9. The fourth-order valence-corrected chi connectivity index (χ4v) is 3.71. The van der Waals surface area contributed by atoms with Gasteiger partial charge in [-0.15, -0.1) is 0 Å². The summed E-state index contributed by atoms with van der Waals surface area (Å²) in [6.07, 6.45) is 4.98. The first-order valence-electron chi connectivity index (χ1n) is 6.78. The molecule has 0 amide bonds. The molecule has 0 spiro atoms. The van der Waals surface area contributed by atoms with Gasteiger partial charge in [-0.2, -0.15) is 0 Å². The molecule has 0 saturated heterocycles. The molecule has 3 heteroatoms. The van der Waals surface area contributed by atoms with Crippen LogP contribution < -0.4 is 0 Å². The third-order valence-corrected chi connectivity index (χ3v) is 4.45. The van der Waals surface area contributed by atoms with Crippen LogP contribution in [0.15, 0.2) is 36.7 Å². The number of rotatable bonds is 0. The van der Waals surface area contributed by atoms with E-state index in [0.29, 0.717) is 0 Å². The van der Waals surface area contributed by atoms with Gasteiger partial charge in [0.25, 0.3) is 0 Å². The fourth-order valence-electron chi connectivity index (χ4n) is 3.71. The van der Waals surface area contributed by atoms with E-state index in [1.54, 1.807) is 12.4 Å². The van der Waals surface area contributed by atoms with Crippen molar-refractivity contribution in [1.82, 2.24) is 9.97 Å². The number of benzene rings is 1. The number of hydrogen-bond donors (Lipinski definition) is 1. The highest BCUT2D eigenvalue weighted by molar-refractivity contribution is 5.49. The second kappa shape index (κ2) is 3.64. The highest BCUT2D eigenvalue weighted by Gasteiger charge is 2.44. The zero-order valence-corrected chi connectivity index (χ0v) is 10.9. The molecule has 1 aromatic carbocycles. The Balaban J connectivity index is 2.02. The van der Waals surface area contributed by atoms with E-state index >= 15 is 0 Å². The minimum atomic E-state index is -0.656. The summed E-state index contributed by atoms with van der Waals surface area (Å²) < 4.78 is 0. The van der Waals surface area contributed by atoms with Gasteiger partial charge in [-0.25, -0.2) is 0 Å². The predicted octanol–water partition coefficient (Wildman–Crippen LogP) is 2.60. The molecule has 3 aliphatic carbocycles. The second-order valence-electron chi connectivity index (χ2n) is 5.97. The lowest BCUT2D eigenvalue weighted by atomic mass is 9.78. The SMILES string of the molecule is CC1(O)CC2c3ccccc3C(C1)c1nccnc12. The molecule has 2 aromatic rings. The Labute approximate surface area is 112 Å². The van der Waals surface area contributed by atoms with E-state index < -0.39 is 5.60 Å². The normalized spacial score (nSPS) is 31.5. The van der Waals surface area contributed by atoms with Crippen LogP contribution >= 0.6 is 0 Å². The Bertz CT molecular complexity index is 549. The van der Waals surface area contributed by atoms with E-state index in [4.69, 9.17) is 0 Å². The molecule has 96 valence electrons. The molecule has 3 aliphatic rings. The van der Waals surface area contributed by atoms with Crippen molar-refractivity contribution in [2.45, 2.75) is 37.2 Å². The van der Waals surface area contributed by atoms with Gasteiger partial charge in [0.15, 0.2) is 0 Å². The highest BCUT2D eigenvalue weighted by Crippen LogP contribution is 2.51. The lowest BCUT2D eigenvalue weighted by molar-refractivity contribution is 0.0401. The van der Waals surface area contributed by atoms with Gasteiger partial charge in [0.1, 0.15) is 0 Å². The fraction of sp³-hybridized carbons (Fsp3) is 0.375. The van der Waals surface area contributed by atoms with Crippen LogP contribution in [0.5, 0.6) is 0 Å². The van der Waals surface area contributed by atoms with Gasteiger partial charge in [0.05, 0.1) is 17.0 Å². The average Bonchev–Trinajstić information content (AvgIpc) is 2.61. The van der Waals surface area contributed by atoms with Gasteiger partial charge < -0.3 is 5.11 Å². The third-order valence-electron chi connectivity index (χ3n) is 4.45. The number of aromatic nitrogens is 2. The monoisotopic (exact) mass is 252 g/mol. The van der Waals surface area contributed by atoms with Crippen LogP contribution in [0.3, 0.4) is 0 Å². The van der Waals surface area contributed by atoms with Crippen LogP contribution in [-0.2, 0) is 0 Å². The molecular formula is C16H16N2O. The van der Waals surface area contributed by atoms with Crippen molar-refractivity contribution in [3.8, 4) is 0 Å². The molecule has 0 fully saturated rings. The minimum absolute atomic E-state index is 0.175. The Morgan fingerprint density at radius 3 is 1.95 bits per heavy atom. The number of hydrogen-bond acceptors (Lipinski definition) is 3. The standard InChI is InChI=1S/C16H16N2O/c1-16(19)8-12-10-4-2-3-5-11(10)13(9-16)15-14(12)17-6-7-18-15/h2-7,12-13,19H,8-9H2,1H3. The summed E-state index contributed by atoms with van der Waals surface area (Å²) in [5.74, 6) is 0.349. The molecular weight excluding hydrogens is 236 g/mol. The van der Waals surface area contributed by atoms with Crippen molar-refractivity contribution in [3.05, 3.63) is 59.2 Å². The first-order valence-corrected chi connectivity index (χ1v) is 6.78. The molecule has 2 atom stereocenters. The number of aliphatic hydroxyl groups is 1. The molecule has 0 aliphatic heterocycles. The van der Waals surface area contributed by atoms with Crippen molar-refractivity contribution < 1.29 is 5.11 Å². The van der Waals surface area contributed by atoms with Gasteiger partial charge in [0, 0.05) is 24.2 Å².